The summed E-state index contributed by atoms with van der Waals surface area (Å²) in [5.41, 5.74) is 1.78. The van der Waals surface area contributed by atoms with E-state index in [9.17, 15) is 14.0 Å². The van der Waals surface area contributed by atoms with Crippen molar-refractivity contribution >= 4 is 23.2 Å². The van der Waals surface area contributed by atoms with E-state index in [1.165, 1.54) is 24.3 Å². The third-order valence-electron chi connectivity index (χ3n) is 3.95. The van der Waals surface area contributed by atoms with E-state index in [4.69, 9.17) is 4.74 Å². The first kappa shape index (κ1) is 20.1. The molecular weight excluding hydrogens is 371 g/mol. The van der Waals surface area contributed by atoms with Crippen LogP contribution in [0.5, 0.6) is 5.75 Å². The van der Waals surface area contributed by atoms with Crippen molar-refractivity contribution in [3.63, 3.8) is 0 Å². The normalized spacial score (nSPS) is 10.5. The average molecular weight is 392 g/mol. The molecule has 0 bridgehead atoms. The van der Waals surface area contributed by atoms with Crippen LogP contribution in [-0.2, 0) is 0 Å². The van der Waals surface area contributed by atoms with Crippen LogP contribution < -0.4 is 15.4 Å². The molecule has 0 aromatic heterocycles. The van der Waals surface area contributed by atoms with Gasteiger partial charge in [0.1, 0.15) is 11.6 Å². The minimum Gasteiger partial charge on any atom is -0.491 e. The first-order chi connectivity index (χ1) is 13.9. The van der Waals surface area contributed by atoms with Gasteiger partial charge in [0.2, 0.25) is 0 Å². The van der Waals surface area contributed by atoms with E-state index in [-0.39, 0.29) is 23.7 Å². The van der Waals surface area contributed by atoms with Crippen molar-refractivity contribution < 1.29 is 18.7 Å². The molecule has 148 valence electrons. The minimum absolute atomic E-state index is 0.00427. The number of halogens is 1. The van der Waals surface area contributed by atoms with Gasteiger partial charge in [0.15, 0.2) is 0 Å². The van der Waals surface area contributed by atoms with E-state index < -0.39 is 0 Å². The number of amides is 2. The van der Waals surface area contributed by atoms with Crippen molar-refractivity contribution in [1.29, 1.82) is 0 Å². The summed E-state index contributed by atoms with van der Waals surface area (Å²) in [5, 5.41) is 5.47. The van der Waals surface area contributed by atoms with Crippen LogP contribution in [0, 0.1) is 5.82 Å². The highest BCUT2D eigenvalue weighted by molar-refractivity contribution is 6.07. The lowest BCUT2D eigenvalue weighted by Gasteiger charge is -2.11. The zero-order valence-corrected chi connectivity index (χ0v) is 16.1. The van der Waals surface area contributed by atoms with Crippen LogP contribution >= 0.6 is 0 Å². The van der Waals surface area contributed by atoms with Gasteiger partial charge in [-0.05, 0) is 74.5 Å². The fourth-order valence-corrected chi connectivity index (χ4v) is 2.66. The summed E-state index contributed by atoms with van der Waals surface area (Å²) in [5.74, 6) is -0.439. The van der Waals surface area contributed by atoms with Gasteiger partial charge in [-0.15, -0.1) is 0 Å². The molecule has 29 heavy (non-hydrogen) atoms. The van der Waals surface area contributed by atoms with Crippen LogP contribution in [0.2, 0.25) is 0 Å². The molecule has 0 heterocycles. The molecule has 3 aromatic rings. The number of nitrogens with one attached hydrogen (secondary N) is 2. The molecule has 2 N–H and O–H groups in total. The van der Waals surface area contributed by atoms with Crippen LogP contribution in [0.1, 0.15) is 34.6 Å². The van der Waals surface area contributed by atoms with E-state index >= 15 is 0 Å². The van der Waals surface area contributed by atoms with Crippen LogP contribution in [-0.4, -0.2) is 17.9 Å². The molecule has 0 spiro atoms. The Bertz CT molecular complexity index is 1020. The maximum absolute atomic E-state index is 13.0. The molecule has 0 saturated heterocycles. The third-order valence-corrected chi connectivity index (χ3v) is 3.95. The van der Waals surface area contributed by atoms with Crippen molar-refractivity contribution in [1.82, 2.24) is 0 Å². The highest BCUT2D eigenvalue weighted by atomic mass is 19.1. The summed E-state index contributed by atoms with van der Waals surface area (Å²) in [7, 11) is 0. The number of anilines is 2. The summed E-state index contributed by atoms with van der Waals surface area (Å²) in [6, 6.07) is 19.0. The largest absolute Gasteiger partial charge is 0.491 e. The molecular formula is C23H21FN2O3. The number of carbonyl (C=O) groups excluding carboxylic acids is 2. The zero-order valence-electron chi connectivity index (χ0n) is 16.1. The number of ether oxygens (including phenoxy) is 1. The highest BCUT2D eigenvalue weighted by Crippen LogP contribution is 2.18. The van der Waals surface area contributed by atoms with Crippen molar-refractivity contribution in [3.8, 4) is 5.75 Å². The van der Waals surface area contributed by atoms with E-state index in [0.717, 1.165) is 0 Å². The topological polar surface area (TPSA) is 67.4 Å². The number of carbonyl (C=O) groups is 2. The number of rotatable bonds is 6. The molecule has 0 radical (unpaired) electrons. The fourth-order valence-electron chi connectivity index (χ4n) is 2.66. The van der Waals surface area contributed by atoms with E-state index in [2.05, 4.69) is 10.6 Å². The molecule has 5 nitrogen and oxygen atoms in total. The van der Waals surface area contributed by atoms with Crippen molar-refractivity contribution in [2.24, 2.45) is 0 Å². The Balaban J connectivity index is 1.70. The lowest BCUT2D eigenvalue weighted by atomic mass is 10.1. The van der Waals surface area contributed by atoms with Gasteiger partial charge in [-0.3, -0.25) is 9.59 Å². The first-order valence-corrected chi connectivity index (χ1v) is 9.16. The lowest BCUT2D eigenvalue weighted by molar-refractivity contribution is 0.101. The molecule has 0 unspecified atom stereocenters. The standard InChI is InChI=1S/C23H21FN2O3/c1-15(2)29-21-8-4-6-17(14-21)23(28)26-20-7-3-5-16(13-20)22(27)25-19-11-9-18(24)10-12-19/h3-15H,1-2H3,(H,25,27)(H,26,28). The molecule has 0 saturated carbocycles. The van der Waals surface area contributed by atoms with E-state index in [1.54, 1.807) is 48.5 Å². The number of hydrogen-bond donors (Lipinski definition) is 2. The summed E-state index contributed by atoms with van der Waals surface area (Å²) in [6.45, 7) is 3.82. The SMILES string of the molecule is CC(C)Oc1cccc(C(=O)Nc2cccc(C(=O)Nc3ccc(F)cc3)c2)c1. The highest BCUT2D eigenvalue weighted by Gasteiger charge is 2.11. The molecule has 2 amide bonds. The molecule has 3 rings (SSSR count). The smallest absolute Gasteiger partial charge is 0.255 e. The fraction of sp³-hybridized carbons (Fsp3) is 0.130. The van der Waals surface area contributed by atoms with Gasteiger partial charge in [0.25, 0.3) is 11.8 Å². The second kappa shape index (κ2) is 9.01. The van der Waals surface area contributed by atoms with Crippen molar-refractivity contribution in [3.05, 3.63) is 89.7 Å². The Morgan fingerprint density at radius 1 is 0.793 bits per heavy atom. The molecule has 0 aliphatic carbocycles. The Kier molecular flexibility index (Phi) is 6.24. The second-order valence-corrected chi connectivity index (χ2v) is 6.69. The lowest BCUT2D eigenvalue weighted by Crippen LogP contribution is -2.15. The first-order valence-electron chi connectivity index (χ1n) is 9.16. The number of benzene rings is 3. The molecule has 0 fully saturated rings. The van der Waals surface area contributed by atoms with Crippen LogP contribution in [0.4, 0.5) is 15.8 Å². The van der Waals surface area contributed by atoms with Crippen LogP contribution in [0.15, 0.2) is 72.8 Å². The molecule has 3 aromatic carbocycles. The molecule has 6 heteroatoms. The summed E-state index contributed by atoms with van der Waals surface area (Å²) in [4.78, 5) is 25.0. The predicted molar refractivity (Wildman–Crippen MR) is 111 cm³/mol. The van der Waals surface area contributed by atoms with Crippen molar-refractivity contribution in [2.75, 3.05) is 10.6 Å². The third kappa shape index (κ3) is 5.65. The van der Waals surface area contributed by atoms with Crippen LogP contribution in [0.25, 0.3) is 0 Å². The Morgan fingerprint density at radius 2 is 1.38 bits per heavy atom. The van der Waals surface area contributed by atoms with Gasteiger partial charge < -0.3 is 15.4 Å². The van der Waals surface area contributed by atoms with Gasteiger partial charge >= 0.3 is 0 Å². The summed E-state index contributed by atoms with van der Waals surface area (Å²) >= 11 is 0. The molecule has 0 aliphatic heterocycles. The Hall–Kier alpha value is -3.67. The Morgan fingerprint density at radius 3 is 2.03 bits per heavy atom. The van der Waals surface area contributed by atoms with E-state index in [1.807, 2.05) is 13.8 Å². The van der Waals surface area contributed by atoms with Gasteiger partial charge in [0.05, 0.1) is 6.10 Å². The maximum atomic E-state index is 13.0. The Labute approximate surface area is 168 Å². The molecule has 0 aliphatic rings. The quantitative estimate of drug-likeness (QED) is 0.612. The van der Waals surface area contributed by atoms with Gasteiger partial charge in [0, 0.05) is 22.5 Å². The maximum Gasteiger partial charge on any atom is 0.255 e. The number of hydrogen-bond acceptors (Lipinski definition) is 3. The summed E-state index contributed by atoms with van der Waals surface area (Å²) < 4.78 is 18.6. The minimum atomic E-state index is -0.379. The van der Waals surface area contributed by atoms with Crippen molar-refractivity contribution in [2.45, 2.75) is 20.0 Å². The molecule has 0 atom stereocenters. The predicted octanol–water partition coefficient (Wildman–Crippen LogP) is 5.12. The summed E-state index contributed by atoms with van der Waals surface area (Å²) in [6.07, 6.45) is 0.00427. The van der Waals surface area contributed by atoms with E-state index in [0.29, 0.717) is 28.3 Å². The second-order valence-electron chi connectivity index (χ2n) is 6.69. The van der Waals surface area contributed by atoms with Gasteiger partial charge in [-0.2, -0.15) is 0 Å². The van der Waals surface area contributed by atoms with Gasteiger partial charge in [-0.25, -0.2) is 4.39 Å². The van der Waals surface area contributed by atoms with Crippen LogP contribution in [0.3, 0.4) is 0 Å². The monoisotopic (exact) mass is 392 g/mol. The zero-order chi connectivity index (χ0) is 20.8. The average Bonchev–Trinajstić information content (AvgIpc) is 2.69. The van der Waals surface area contributed by atoms with Gasteiger partial charge in [-0.1, -0.05) is 12.1 Å².